The van der Waals surface area contributed by atoms with Crippen molar-refractivity contribution in [1.29, 1.82) is 0 Å². The number of amides is 1. The number of ether oxygens (including phenoxy) is 1. The van der Waals surface area contributed by atoms with Crippen LogP contribution in [-0.4, -0.2) is 51.6 Å². The van der Waals surface area contributed by atoms with E-state index in [9.17, 15) is 13.6 Å². The number of hydrazine groups is 1. The van der Waals surface area contributed by atoms with Gasteiger partial charge in [0.1, 0.15) is 17.2 Å². The Morgan fingerprint density at radius 1 is 1.06 bits per heavy atom. The second-order valence-corrected chi connectivity index (χ2v) is 7.48. The van der Waals surface area contributed by atoms with Crippen molar-refractivity contribution in [2.24, 2.45) is 5.73 Å². The molecule has 0 atom stereocenters. The lowest BCUT2D eigenvalue weighted by molar-refractivity contribution is 0.0376. The van der Waals surface area contributed by atoms with Crippen molar-refractivity contribution in [3.63, 3.8) is 0 Å². The SMILES string of the molecule is NC(=O)c1c(F)cc(-c2cnc(N(c3ccccc3)N3CCOCC3)c3nccn23)cc1F. The molecule has 1 aliphatic rings. The Labute approximate surface area is 187 Å². The van der Waals surface area contributed by atoms with E-state index in [0.717, 1.165) is 17.8 Å². The zero-order valence-corrected chi connectivity index (χ0v) is 17.5. The van der Waals surface area contributed by atoms with E-state index in [-0.39, 0.29) is 5.56 Å². The van der Waals surface area contributed by atoms with Gasteiger partial charge >= 0.3 is 0 Å². The first-order valence-electron chi connectivity index (χ1n) is 10.3. The minimum Gasteiger partial charge on any atom is -0.379 e. The van der Waals surface area contributed by atoms with E-state index in [1.54, 1.807) is 16.8 Å². The van der Waals surface area contributed by atoms with Gasteiger partial charge in [-0.15, -0.1) is 0 Å². The van der Waals surface area contributed by atoms with Crippen LogP contribution in [0, 0.1) is 11.6 Å². The molecular formula is C23H20F2N6O2. The van der Waals surface area contributed by atoms with Gasteiger partial charge in [-0.1, -0.05) is 18.2 Å². The third kappa shape index (κ3) is 3.79. The van der Waals surface area contributed by atoms with Crippen LogP contribution in [0.2, 0.25) is 0 Å². The number of nitrogens with two attached hydrogens (primary N) is 1. The molecule has 1 amide bonds. The van der Waals surface area contributed by atoms with Gasteiger partial charge in [0.05, 0.1) is 30.8 Å². The van der Waals surface area contributed by atoms with Gasteiger partial charge in [-0.3, -0.25) is 14.2 Å². The van der Waals surface area contributed by atoms with Gasteiger partial charge in [0.15, 0.2) is 11.5 Å². The summed E-state index contributed by atoms with van der Waals surface area (Å²) in [6.07, 6.45) is 4.81. The van der Waals surface area contributed by atoms with Crippen LogP contribution < -0.4 is 10.7 Å². The van der Waals surface area contributed by atoms with E-state index in [2.05, 4.69) is 15.0 Å². The topological polar surface area (TPSA) is 89.0 Å². The third-order valence-electron chi connectivity index (χ3n) is 5.47. The molecule has 1 aliphatic heterocycles. The Bertz CT molecular complexity index is 1300. The molecule has 0 spiro atoms. The number of morpholine rings is 1. The highest BCUT2D eigenvalue weighted by Crippen LogP contribution is 2.32. The monoisotopic (exact) mass is 450 g/mol. The first-order chi connectivity index (χ1) is 16.0. The summed E-state index contributed by atoms with van der Waals surface area (Å²) >= 11 is 0. The Balaban J connectivity index is 1.65. The summed E-state index contributed by atoms with van der Waals surface area (Å²) in [6.45, 7) is 2.49. The molecule has 0 radical (unpaired) electrons. The molecule has 2 aromatic carbocycles. The van der Waals surface area contributed by atoms with Crippen LogP contribution in [0.5, 0.6) is 0 Å². The molecule has 5 rings (SSSR count). The average Bonchev–Trinajstić information content (AvgIpc) is 3.30. The molecule has 8 nitrogen and oxygen atoms in total. The van der Waals surface area contributed by atoms with Crippen LogP contribution in [0.4, 0.5) is 20.3 Å². The number of rotatable bonds is 5. The number of carbonyl (C=O) groups is 1. The summed E-state index contributed by atoms with van der Waals surface area (Å²) in [5.41, 5.74) is 6.34. The highest BCUT2D eigenvalue weighted by molar-refractivity contribution is 5.94. The molecule has 10 heteroatoms. The first kappa shape index (κ1) is 21.0. The lowest BCUT2D eigenvalue weighted by Crippen LogP contribution is -2.47. The molecule has 4 aromatic rings. The number of benzene rings is 2. The smallest absolute Gasteiger partial charge is 0.254 e. The van der Waals surface area contributed by atoms with Crippen molar-refractivity contribution in [1.82, 2.24) is 19.4 Å². The van der Waals surface area contributed by atoms with Crippen LogP contribution in [-0.2, 0) is 4.74 Å². The summed E-state index contributed by atoms with van der Waals surface area (Å²) in [5, 5.41) is 4.10. The van der Waals surface area contributed by atoms with Crippen molar-refractivity contribution < 1.29 is 18.3 Å². The molecule has 2 aromatic heterocycles. The van der Waals surface area contributed by atoms with Crippen molar-refractivity contribution in [3.05, 3.63) is 78.3 Å². The number of halogens is 2. The molecule has 0 aliphatic carbocycles. The van der Waals surface area contributed by atoms with E-state index in [4.69, 9.17) is 10.5 Å². The number of primary amides is 1. The number of fused-ring (bicyclic) bond motifs is 1. The predicted molar refractivity (Wildman–Crippen MR) is 118 cm³/mol. The molecule has 1 fully saturated rings. The lowest BCUT2D eigenvalue weighted by Gasteiger charge is -2.38. The second-order valence-electron chi connectivity index (χ2n) is 7.48. The van der Waals surface area contributed by atoms with Gasteiger partial charge in [-0.25, -0.2) is 23.8 Å². The Kier molecular flexibility index (Phi) is 5.45. The number of anilines is 2. The summed E-state index contributed by atoms with van der Waals surface area (Å²) in [4.78, 5) is 20.5. The number of hydrogen-bond acceptors (Lipinski definition) is 6. The standard InChI is InChI=1S/C23H20F2N6O2/c24-17-12-15(13-18(25)20(17)21(26)32)19-14-28-23(22-27-6-7-30(19)22)31(16-4-2-1-3-5-16)29-8-10-33-11-9-29/h1-7,12-14H,8-11H2,(H2,26,32). The van der Waals surface area contributed by atoms with E-state index < -0.39 is 23.1 Å². The van der Waals surface area contributed by atoms with Gasteiger partial charge in [-0.2, -0.15) is 0 Å². The third-order valence-corrected chi connectivity index (χ3v) is 5.47. The average molecular weight is 450 g/mol. The number of nitrogens with zero attached hydrogens (tertiary/aromatic N) is 5. The fourth-order valence-electron chi connectivity index (χ4n) is 3.97. The number of carbonyl (C=O) groups excluding carboxylic acids is 1. The normalized spacial score (nSPS) is 14.5. The Hall–Kier alpha value is -3.89. The van der Waals surface area contributed by atoms with Crippen molar-refractivity contribution in [2.75, 3.05) is 31.3 Å². The van der Waals surface area contributed by atoms with Gasteiger partial charge in [0.2, 0.25) is 0 Å². The maximum Gasteiger partial charge on any atom is 0.254 e. The zero-order valence-electron chi connectivity index (χ0n) is 17.5. The highest BCUT2D eigenvalue weighted by atomic mass is 19.1. The van der Waals surface area contributed by atoms with Gasteiger partial charge < -0.3 is 10.5 Å². The summed E-state index contributed by atoms with van der Waals surface area (Å²) in [6, 6.07) is 11.9. The quantitative estimate of drug-likeness (QED) is 0.503. The fraction of sp³-hybridized carbons (Fsp3) is 0.174. The van der Waals surface area contributed by atoms with Crippen LogP contribution >= 0.6 is 0 Å². The van der Waals surface area contributed by atoms with Crippen LogP contribution in [0.15, 0.2) is 61.1 Å². The van der Waals surface area contributed by atoms with Crippen LogP contribution in [0.3, 0.4) is 0 Å². The minimum absolute atomic E-state index is 0.203. The largest absolute Gasteiger partial charge is 0.379 e. The first-order valence-corrected chi connectivity index (χ1v) is 10.3. The van der Waals surface area contributed by atoms with Crippen molar-refractivity contribution >= 4 is 23.1 Å². The van der Waals surface area contributed by atoms with Gasteiger partial charge in [0.25, 0.3) is 5.91 Å². The molecule has 3 heterocycles. The molecule has 2 N–H and O–H groups in total. The molecule has 168 valence electrons. The number of imidazole rings is 1. The molecule has 1 saturated heterocycles. The van der Waals surface area contributed by atoms with E-state index in [1.807, 2.05) is 35.3 Å². The van der Waals surface area contributed by atoms with Crippen molar-refractivity contribution in [3.8, 4) is 11.3 Å². The number of para-hydroxylation sites is 1. The van der Waals surface area contributed by atoms with Gasteiger partial charge in [-0.05, 0) is 24.3 Å². The molecule has 0 bridgehead atoms. The number of aromatic nitrogens is 3. The molecule has 0 saturated carbocycles. The molecule has 33 heavy (non-hydrogen) atoms. The van der Waals surface area contributed by atoms with Gasteiger partial charge in [0, 0.05) is 31.0 Å². The maximum absolute atomic E-state index is 14.4. The van der Waals surface area contributed by atoms with E-state index in [1.165, 1.54) is 6.20 Å². The molecular weight excluding hydrogens is 430 g/mol. The highest BCUT2D eigenvalue weighted by Gasteiger charge is 2.26. The van der Waals surface area contributed by atoms with Crippen LogP contribution in [0.1, 0.15) is 10.4 Å². The molecule has 0 unspecified atom stereocenters. The van der Waals surface area contributed by atoms with E-state index >= 15 is 0 Å². The minimum atomic E-state index is -1.16. The van der Waals surface area contributed by atoms with Crippen LogP contribution in [0.25, 0.3) is 16.9 Å². The second kappa shape index (κ2) is 8.57. The maximum atomic E-state index is 14.4. The number of hydrogen-bond donors (Lipinski definition) is 1. The summed E-state index contributed by atoms with van der Waals surface area (Å²) in [5.74, 6) is -2.67. The zero-order chi connectivity index (χ0) is 22.9. The van der Waals surface area contributed by atoms with E-state index in [0.29, 0.717) is 43.5 Å². The summed E-state index contributed by atoms with van der Waals surface area (Å²) < 4.78 is 36.1. The predicted octanol–water partition coefficient (Wildman–Crippen LogP) is 3.16. The Morgan fingerprint density at radius 3 is 2.42 bits per heavy atom. The summed E-state index contributed by atoms with van der Waals surface area (Å²) in [7, 11) is 0. The lowest BCUT2D eigenvalue weighted by atomic mass is 10.1. The van der Waals surface area contributed by atoms with Crippen molar-refractivity contribution in [2.45, 2.75) is 0 Å². The fourth-order valence-corrected chi connectivity index (χ4v) is 3.97. The Morgan fingerprint density at radius 2 is 1.76 bits per heavy atom.